The lowest BCUT2D eigenvalue weighted by Gasteiger charge is -2.09. The first-order chi connectivity index (χ1) is 13.3. The van der Waals surface area contributed by atoms with E-state index < -0.39 is 0 Å². The van der Waals surface area contributed by atoms with Crippen LogP contribution in [-0.4, -0.2) is 51.7 Å². The van der Waals surface area contributed by atoms with Crippen molar-refractivity contribution in [3.8, 4) is 11.4 Å². The minimum absolute atomic E-state index is 0.0108. The molecule has 0 aliphatic rings. The Labute approximate surface area is 166 Å². The van der Waals surface area contributed by atoms with Crippen molar-refractivity contribution in [3.05, 3.63) is 46.9 Å². The lowest BCUT2D eigenvalue weighted by atomic mass is 10.2. The fourth-order valence-corrected chi connectivity index (χ4v) is 3.96. The first-order valence-corrected chi connectivity index (χ1v) is 10.4. The number of amides is 1. The first-order valence-electron chi connectivity index (χ1n) is 8.52. The molecule has 1 N–H and O–H groups in total. The largest absolute Gasteiger partial charge is 0.383 e. The van der Waals surface area contributed by atoms with Crippen LogP contribution in [0.5, 0.6) is 0 Å². The van der Waals surface area contributed by atoms with Gasteiger partial charge in [-0.3, -0.25) is 14.3 Å². The molecule has 3 rings (SSSR count). The van der Waals surface area contributed by atoms with Gasteiger partial charge in [0.15, 0.2) is 11.0 Å². The second-order valence-electron chi connectivity index (χ2n) is 5.65. The van der Waals surface area contributed by atoms with E-state index in [9.17, 15) is 4.79 Å². The Balaban J connectivity index is 1.58. The average molecular weight is 404 g/mol. The molecule has 0 saturated heterocycles. The van der Waals surface area contributed by atoms with E-state index in [4.69, 9.17) is 4.74 Å². The van der Waals surface area contributed by atoms with Crippen LogP contribution >= 0.6 is 23.1 Å². The number of pyridine rings is 1. The molecule has 27 heavy (non-hydrogen) atoms. The SMILES string of the molecule is COCCn1c(SCC(=O)NCCc2cccs2)nnc1-c1ccncc1. The monoisotopic (exact) mass is 403 g/mol. The smallest absolute Gasteiger partial charge is 0.230 e. The third-order valence-corrected chi connectivity index (χ3v) is 5.68. The number of hydrogen-bond acceptors (Lipinski definition) is 7. The number of ether oxygens (including phenoxy) is 1. The molecule has 0 fully saturated rings. The Morgan fingerprint density at radius 2 is 2.15 bits per heavy atom. The Hall–Kier alpha value is -2.23. The maximum absolute atomic E-state index is 12.1. The minimum atomic E-state index is -0.0108. The van der Waals surface area contributed by atoms with Gasteiger partial charge < -0.3 is 10.1 Å². The van der Waals surface area contributed by atoms with Crippen LogP contribution in [0.1, 0.15) is 4.88 Å². The highest BCUT2D eigenvalue weighted by molar-refractivity contribution is 7.99. The molecule has 0 spiro atoms. The van der Waals surface area contributed by atoms with Crippen LogP contribution in [0.3, 0.4) is 0 Å². The standard InChI is InChI=1S/C18H21N5O2S2/c1-25-11-10-23-17(14-4-7-19-8-5-14)21-22-18(23)27-13-16(24)20-9-6-15-3-2-12-26-15/h2-5,7-8,12H,6,9-11,13H2,1H3,(H,20,24). The highest BCUT2D eigenvalue weighted by Crippen LogP contribution is 2.23. The number of hydrogen-bond donors (Lipinski definition) is 1. The molecular weight excluding hydrogens is 382 g/mol. The fourth-order valence-electron chi connectivity index (χ4n) is 2.46. The molecule has 9 heteroatoms. The Morgan fingerprint density at radius 1 is 1.30 bits per heavy atom. The molecule has 0 bridgehead atoms. The molecule has 0 atom stereocenters. The van der Waals surface area contributed by atoms with Crippen molar-refractivity contribution in [2.75, 3.05) is 26.0 Å². The summed E-state index contributed by atoms with van der Waals surface area (Å²) in [5.74, 6) is 1.03. The van der Waals surface area contributed by atoms with E-state index >= 15 is 0 Å². The van der Waals surface area contributed by atoms with E-state index in [2.05, 4.69) is 26.6 Å². The van der Waals surface area contributed by atoms with Crippen molar-refractivity contribution in [1.29, 1.82) is 0 Å². The van der Waals surface area contributed by atoms with Gasteiger partial charge in [0.25, 0.3) is 0 Å². The zero-order valence-corrected chi connectivity index (χ0v) is 16.6. The van der Waals surface area contributed by atoms with Crippen molar-refractivity contribution in [2.45, 2.75) is 18.1 Å². The molecule has 0 aliphatic carbocycles. The van der Waals surface area contributed by atoms with Crippen LogP contribution in [0.2, 0.25) is 0 Å². The predicted molar refractivity (Wildman–Crippen MR) is 107 cm³/mol. The van der Waals surface area contributed by atoms with Gasteiger partial charge >= 0.3 is 0 Å². The van der Waals surface area contributed by atoms with Gasteiger partial charge in [0.2, 0.25) is 5.91 Å². The number of thiophene rings is 1. The van der Waals surface area contributed by atoms with Gasteiger partial charge in [-0.25, -0.2) is 0 Å². The fraction of sp³-hybridized carbons (Fsp3) is 0.333. The van der Waals surface area contributed by atoms with Gasteiger partial charge in [0, 0.05) is 36.5 Å². The summed E-state index contributed by atoms with van der Waals surface area (Å²) in [7, 11) is 1.66. The predicted octanol–water partition coefficient (Wildman–Crippen LogP) is 2.50. The van der Waals surface area contributed by atoms with Gasteiger partial charge in [-0.2, -0.15) is 0 Å². The van der Waals surface area contributed by atoms with E-state index in [0.29, 0.717) is 30.6 Å². The number of rotatable bonds is 10. The average Bonchev–Trinajstić information content (AvgIpc) is 3.35. The molecule has 0 saturated carbocycles. The number of nitrogens with one attached hydrogen (secondary N) is 1. The molecule has 142 valence electrons. The molecule has 3 aromatic heterocycles. The lowest BCUT2D eigenvalue weighted by Crippen LogP contribution is -2.27. The molecule has 3 heterocycles. The van der Waals surface area contributed by atoms with Crippen LogP contribution in [-0.2, 0) is 22.5 Å². The number of nitrogens with zero attached hydrogens (tertiary/aromatic N) is 4. The summed E-state index contributed by atoms with van der Waals surface area (Å²) < 4.78 is 7.17. The second kappa shape index (κ2) is 10.2. The van der Waals surface area contributed by atoms with Gasteiger partial charge in [-0.15, -0.1) is 21.5 Å². The zero-order chi connectivity index (χ0) is 18.9. The zero-order valence-electron chi connectivity index (χ0n) is 15.0. The third kappa shape index (κ3) is 5.62. The summed E-state index contributed by atoms with van der Waals surface area (Å²) in [5, 5.41) is 14.2. The maximum atomic E-state index is 12.1. The van der Waals surface area contributed by atoms with Crippen molar-refractivity contribution in [1.82, 2.24) is 25.1 Å². The van der Waals surface area contributed by atoms with Crippen LogP contribution in [0.15, 0.2) is 47.2 Å². The van der Waals surface area contributed by atoms with Crippen molar-refractivity contribution >= 4 is 29.0 Å². The van der Waals surface area contributed by atoms with Gasteiger partial charge in [-0.1, -0.05) is 17.8 Å². The van der Waals surface area contributed by atoms with Gasteiger partial charge in [-0.05, 0) is 30.0 Å². The maximum Gasteiger partial charge on any atom is 0.230 e. The van der Waals surface area contributed by atoms with Crippen molar-refractivity contribution < 1.29 is 9.53 Å². The highest BCUT2D eigenvalue weighted by atomic mass is 32.2. The summed E-state index contributed by atoms with van der Waals surface area (Å²) in [6.07, 6.45) is 4.29. The molecule has 0 aromatic carbocycles. The summed E-state index contributed by atoms with van der Waals surface area (Å²) in [6.45, 7) is 1.79. The van der Waals surface area contributed by atoms with Crippen molar-refractivity contribution in [3.63, 3.8) is 0 Å². The summed E-state index contributed by atoms with van der Waals surface area (Å²) in [6, 6.07) is 7.87. The summed E-state index contributed by atoms with van der Waals surface area (Å²) in [4.78, 5) is 17.4. The van der Waals surface area contributed by atoms with Crippen LogP contribution in [0.25, 0.3) is 11.4 Å². The normalized spacial score (nSPS) is 10.9. The van der Waals surface area contributed by atoms with Crippen molar-refractivity contribution in [2.24, 2.45) is 0 Å². The first kappa shape index (κ1) is 19.5. The number of carbonyl (C=O) groups is 1. The summed E-state index contributed by atoms with van der Waals surface area (Å²) >= 11 is 3.08. The summed E-state index contributed by atoms with van der Waals surface area (Å²) in [5.41, 5.74) is 0.931. The molecule has 7 nitrogen and oxygen atoms in total. The number of carbonyl (C=O) groups excluding carboxylic acids is 1. The molecular formula is C18H21N5O2S2. The number of methoxy groups -OCH3 is 1. The van der Waals surface area contributed by atoms with E-state index in [1.807, 2.05) is 28.1 Å². The third-order valence-electron chi connectivity index (χ3n) is 3.78. The molecule has 3 aromatic rings. The van der Waals surface area contributed by atoms with E-state index in [1.165, 1.54) is 16.6 Å². The van der Waals surface area contributed by atoms with E-state index in [0.717, 1.165) is 17.8 Å². The lowest BCUT2D eigenvalue weighted by molar-refractivity contribution is -0.118. The molecule has 0 unspecified atom stereocenters. The number of aromatic nitrogens is 4. The number of thioether (sulfide) groups is 1. The highest BCUT2D eigenvalue weighted by Gasteiger charge is 2.15. The van der Waals surface area contributed by atoms with E-state index in [1.54, 1.807) is 30.8 Å². The molecule has 1 amide bonds. The quantitative estimate of drug-likeness (QED) is 0.524. The molecule has 0 radical (unpaired) electrons. The topological polar surface area (TPSA) is 81.9 Å². The second-order valence-corrected chi connectivity index (χ2v) is 7.63. The molecule has 0 aliphatic heterocycles. The van der Waals surface area contributed by atoms with Crippen LogP contribution in [0.4, 0.5) is 0 Å². The van der Waals surface area contributed by atoms with Crippen LogP contribution < -0.4 is 5.32 Å². The minimum Gasteiger partial charge on any atom is -0.383 e. The Kier molecular flexibility index (Phi) is 7.37. The van der Waals surface area contributed by atoms with Crippen LogP contribution in [0, 0.1) is 0 Å². The van der Waals surface area contributed by atoms with Gasteiger partial charge in [0.1, 0.15) is 0 Å². The van der Waals surface area contributed by atoms with E-state index in [-0.39, 0.29) is 5.91 Å². The Bertz CT molecular complexity index is 837. The van der Waals surface area contributed by atoms with Gasteiger partial charge in [0.05, 0.1) is 18.9 Å². The Morgan fingerprint density at radius 3 is 2.89 bits per heavy atom.